The van der Waals surface area contributed by atoms with E-state index in [4.69, 9.17) is 27.9 Å². The topological polar surface area (TPSA) is 120 Å². The van der Waals surface area contributed by atoms with Crippen LogP contribution in [-0.4, -0.2) is 59.0 Å². The average molecular weight is 762 g/mol. The van der Waals surface area contributed by atoms with Crippen molar-refractivity contribution in [1.29, 1.82) is 0 Å². The van der Waals surface area contributed by atoms with Gasteiger partial charge in [-0.15, -0.1) is 0 Å². The van der Waals surface area contributed by atoms with E-state index in [1.807, 2.05) is 6.08 Å². The van der Waals surface area contributed by atoms with Crippen molar-refractivity contribution >= 4 is 58.3 Å². The summed E-state index contributed by atoms with van der Waals surface area (Å²) in [6.45, 7) is 1.51. The van der Waals surface area contributed by atoms with Crippen molar-refractivity contribution < 1.29 is 46.6 Å². The molecule has 52 heavy (non-hydrogen) atoms. The third-order valence-electron chi connectivity index (χ3n) is 10.7. The van der Waals surface area contributed by atoms with Crippen LogP contribution >= 0.6 is 23.2 Å². The quantitative estimate of drug-likeness (QED) is 0.172. The van der Waals surface area contributed by atoms with Crippen LogP contribution in [0.2, 0.25) is 10.0 Å². The number of imide groups is 2. The molecule has 16 heteroatoms. The smallest absolute Gasteiger partial charge is 0.433 e. The summed E-state index contributed by atoms with van der Waals surface area (Å²) < 4.78 is 60.4. The van der Waals surface area contributed by atoms with Crippen molar-refractivity contribution in [3.8, 4) is 5.75 Å². The van der Waals surface area contributed by atoms with Crippen LogP contribution in [0.15, 0.2) is 66.2 Å². The maximum Gasteiger partial charge on any atom is 0.433 e. The van der Waals surface area contributed by atoms with E-state index in [9.17, 15) is 41.8 Å². The van der Waals surface area contributed by atoms with E-state index < -0.39 is 82.1 Å². The van der Waals surface area contributed by atoms with E-state index in [1.54, 1.807) is 31.2 Å². The number of rotatable bonds is 7. The highest BCUT2D eigenvalue weighted by Crippen LogP contribution is 2.63. The number of alkyl halides is 3. The molecule has 2 aromatic carbocycles. The molecule has 2 saturated heterocycles. The Hall–Kier alpha value is -4.53. The monoisotopic (exact) mass is 760 g/mol. The summed E-state index contributed by atoms with van der Waals surface area (Å²) in [6, 6.07) is 12.0. The molecule has 3 fully saturated rings. The van der Waals surface area contributed by atoms with Gasteiger partial charge in [0.05, 0.1) is 45.5 Å². The number of fused-ring (bicyclic) bond motifs is 4. The minimum Gasteiger partial charge on any atom is -0.491 e. The molecule has 1 aromatic heterocycles. The van der Waals surface area contributed by atoms with Gasteiger partial charge in [0.25, 0.3) is 11.8 Å². The summed E-state index contributed by atoms with van der Waals surface area (Å²) in [4.78, 5) is 61.8. The van der Waals surface area contributed by atoms with Gasteiger partial charge in [-0.1, -0.05) is 47.0 Å². The van der Waals surface area contributed by atoms with E-state index >= 15 is 0 Å². The number of carbonyl (C=O) groups is 4. The van der Waals surface area contributed by atoms with Crippen molar-refractivity contribution in [3.63, 3.8) is 0 Å². The molecule has 3 heterocycles. The Balaban J connectivity index is 1.31. The average Bonchev–Trinajstić information content (AvgIpc) is 3.47. The Morgan fingerprint density at radius 3 is 2.35 bits per heavy atom. The minimum atomic E-state index is -4.82. The van der Waals surface area contributed by atoms with Crippen LogP contribution in [0, 0.1) is 34.9 Å². The SMILES string of the molecule is CN(c1nc(C(F)(F)F)ccc1Cl)N1C(=O)[C@H]2[C@H](CC=C3[C@H]2C[C@H]2C(=O)N(c4ccc(F)c(Cl)c4)C(=O)[C@@]2(C)[C@H]3c2ccc(OCCO)cc2)C1=O. The molecule has 3 aromatic rings. The number of ether oxygens (including phenoxy) is 1. The second-order valence-electron chi connectivity index (χ2n) is 13.4. The summed E-state index contributed by atoms with van der Waals surface area (Å²) in [5.41, 5.74) is -1.33. The summed E-state index contributed by atoms with van der Waals surface area (Å²) >= 11 is 12.3. The largest absolute Gasteiger partial charge is 0.491 e. The first-order chi connectivity index (χ1) is 24.6. The second-order valence-corrected chi connectivity index (χ2v) is 14.2. The van der Waals surface area contributed by atoms with Gasteiger partial charge >= 0.3 is 6.18 Å². The zero-order valence-corrected chi connectivity index (χ0v) is 29.0. The number of halogens is 6. The first kappa shape index (κ1) is 35.9. The molecule has 1 saturated carbocycles. The van der Waals surface area contributed by atoms with Gasteiger partial charge in [0.1, 0.15) is 23.9 Å². The highest BCUT2D eigenvalue weighted by atomic mass is 35.5. The maximum absolute atomic E-state index is 14.6. The highest BCUT2D eigenvalue weighted by Gasteiger charge is 2.68. The second kappa shape index (κ2) is 12.8. The van der Waals surface area contributed by atoms with Gasteiger partial charge < -0.3 is 9.84 Å². The fourth-order valence-electron chi connectivity index (χ4n) is 8.38. The molecule has 1 N–H and O–H groups in total. The van der Waals surface area contributed by atoms with Crippen LogP contribution in [0.1, 0.15) is 36.9 Å². The lowest BCUT2D eigenvalue weighted by Crippen LogP contribution is -2.49. The van der Waals surface area contributed by atoms with Crippen LogP contribution in [0.4, 0.5) is 29.1 Å². The standard InChI is InChI=1S/C36H30Cl2F4N4O6/c1-35-23(32(49)45(34(35)51)18-5-11-26(39)25(38)15-18)16-22-20(29(35)17-3-6-19(7-4-17)52-14-13-47)8-9-21-28(22)33(50)46(31(21)48)44(2)30-24(37)10-12-27(43-30)36(40,41)42/h3-8,10-12,15,21-23,28-29,47H,9,13-14,16H2,1-2H3/t21-,22+,23-,28-,29-,35+/m0/s1. The molecule has 4 amide bonds. The zero-order chi connectivity index (χ0) is 37.4. The zero-order valence-electron chi connectivity index (χ0n) is 27.5. The van der Waals surface area contributed by atoms with Crippen molar-refractivity contribution in [1.82, 2.24) is 9.99 Å². The summed E-state index contributed by atoms with van der Waals surface area (Å²) in [5, 5.41) is 10.4. The van der Waals surface area contributed by atoms with Crippen LogP contribution in [-0.2, 0) is 25.4 Å². The molecule has 0 spiro atoms. The molecule has 2 aliphatic heterocycles. The Morgan fingerprint density at radius 1 is 0.981 bits per heavy atom. The molecular formula is C36H30Cl2F4N4O6. The van der Waals surface area contributed by atoms with Crippen molar-refractivity contribution in [2.45, 2.75) is 31.9 Å². The van der Waals surface area contributed by atoms with Gasteiger partial charge in [-0.2, -0.15) is 18.2 Å². The number of aromatic nitrogens is 1. The first-order valence-corrected chi connectivity index (χ1v) is 17.1. The van der Waals surface area contributed by atoms with Crippen molar-refractivity contribution in [2.24, 2.45) is 29.1 Å². The lowest BCUT2D eigenvalue weighted by molar-refractivity contribution is -0.141. The van der Waals surface area contributed by atoms with Gasteiger partial charge in [-0.3, -0.25) is 24.2 Å². The molecule has 6 atom stereocenters. The number of hydrogen-bond donors (Lipinski definition) is 1. The lowest BCUT2D eigenvalue weighted by Gasteiger charge is -2.49. The summed E-state index contributed by atoms with van der Waals surface area (Å²) in [7, 11) is 1.22. The number of aliphatic hydroxyl groups excluding tert-OH is 1. The predicted molar refractivity (Wildman–Crippen MR) is 180 cm³/mol. The molecule has 272 valence electrons. The van der Waals surface area contributed by atoms with E-state index in [0.29, 0.717) is 23.0 Å². The fraction of sp³-hybridized carbons (Fsp3) is 0.361. The molecule has 7 rings (SSSR count). The molecule has 0 unspecified atom stereocenters. The number of carbonyl (C=O) groups excluding carboxylic acids is 4. The number of pyridine rings is 1. The summed E-state index contributed by atoms with van der Waals surface area (Å²) in [5.74, 6) is -7.75. The minimum absolute atomic E-state index is 0.00711. The first-order valence-electron chi connectivity index (χ1n) is 16.3. The number of nitrogens with zero attached hydrogens (tertiary/aromatic N) is 4. The van der Waals surface area contributed by atoms with Crippen molar-refractivity contribution in [3.05, 3.63) is 93.4 Å². The van der Waals surface area contributed by atoms with Gasteiger partial charge in [-0.25, -0.2) is 14.3 Å². The maximum atomic E-state index is 14.6. The van der Waals surface area contributed by atoms with Gasteiger partial charge in [0, 0.05) is 13.0 Å². The van der Waals surface area contributed by atoms with Crippen LogP contribution < -0.4 is 14.6 Å². The number of anilines is 2. The van der Waals surface area contributed by atoms with Crippen molar-refractivity contribution in [2.75, 3.05) is 30.2 Å². The lowest BCUT2D eigenvalue weighted by atomic mass is 9.51. The highest BCUT2D eigenvalue weighted by molar-refractivity contribution is 6.33. The van der Waals surface area contributed by atoms with E-state index in [-0.39, 0.29) is 41.8 Å². The normalized spacial score (nSPS) is 27.0. The number of allylic oxidation sites excluding steroid dienone is 2. The van der Waals surface area contributed by atoms with Gasteiger partial charge in [0.2, 0.25) is 11.8 Å². The Morgan fingerprint density at radius 2 is 1.69 bits per heavy atom. The van der Waals surface area contributed by atoms with Gasteiger partial charge in [-0.05, 0) is 73.7 Å². The molecule has 0 bridgehead atoms. The van der Waals surface area contributed by atoms with Gasteiger partial charge in [0.15, 0.2) is 5.82 Å². The van der Waals surface area contributed by atoms with E-state index in [1.165, 1.54) is 19.2 Å². The fourth-order valence-corrected chi connectivity index (χ4v) is 8.78. The third kappa shape index (κ3) is 5.45. The van der Waals surface area contributed by atoms with E-state index in [0.717, 1.165) is 27.1 Å². The Labute approximate surface area is 304 Å². The molecule has 2 aliphatic carbocycles. The molecular weight excluding hydrogens is 731 g/mol. The summed E-state index contributed by atoms with van der Waals surface area (Å²) in [6.07, 6.45) is -2.94. The Kier molecular flexibility index (Phi) is 8.86. The van der Waals surface area contributed by atoms with Crippen LogP contribution in [0.3, 0.4) is 0 Å². The van der Waals surface area contributed by atoms with Crippen LogP contribution in [0.25, 0.3) is 0 Å². The molecule has 4 aliphatic rings. The van der Waals surface area contributed by atoms with E-state index in [2.05, 4.69) is 4.98 Å². The van der Waals surface area contributed by atoms with Crippen LogP contribution in [0.5, 0.6) is 5.75 Å². The number of hydrazine groups is 1. The molecule has 0 radical (unpaired) electrons. The number of aliphatic hydroxyl groups is 1. The number of hydrogen-bond acceptors (Lipinski definition) is 8. The Bertz CT molecular complexity index is 2050. The molecule has 10 nitrogen and oxygen atoms in total. The number of benzene rings is 2. The number of amides is 4. The predicted octanol–water partition coefficient (Wildman–Crippen LogP) is 6.20. The third-order valence-corrected chi connectivity index (χ3v) is 11.3.